The average molecular weight is 279 g/mol. The van der Waals surface area contributed by atoms with Gasteiger partial charge in [0, 0.05) is 12.1 Å². The van der Waals surface area contributed by atoms with Gasteiger partial charge in [0.1, 0.15) is 6.61 Å². The summed E-state index contributed by atoms with van der Waals surface area (Å²) >= 11 is 0. The third-order valence-corrected chi connectivity index (χ3v) is 2.14. The minimum atomic E-state index is -0.879. The van der Waals surface area contributed by atoms with Crippen LogP contribution in [0.15, 0.2) is 42.5 Å². The highest BCUT2D eigenvalue weighted by atomic mass is 16.5. The molecule has 0 radical (unpaired) electrons. The van der Waals surface area contributed by atoms with Crippen LogP contribution >= 0.6 is 0 Å². The van der Waals surface area contributed by atoms with E-state index in [0.29, 0.717) is 17.7 Å². The first-order chi connectivity index (χ1) is 9.34. The van der Waals surface area contributed by atoms with Crippen LogP contribution in [0.3, 0.4) is 0 Å². The molecule has 5 nitrogen and oxygen atoms in total. The Morgan fingerprint density at radius 2 is 1.80 bits per heavy atom. The minimum absolute atomic E-state index is 0.313. The molecule has 110 valence electrons. The number of carboxylic acid groups (broad SMARTS) is 1. The van der Waals surface area contributed by atoms with Crippen molar-refractivity contribution >= 4 is 11.9 Å². The maximum Gasteiger partial charge on any atom is 0.335 e. The van der Waals surface area contributed by atoms with Gasteiger partial charge in [-0.05, 0) is 33.2 Å². The number of hydrogen-bond acceptors (Lipinski definition) is 4. The molecule has 5 heteroatoms. The number of esters is 1. The van der Waals surface area contributed by atoms with Gasteiger partial charge in [0.05, 0.1) is 5.56 Å². The summed E-state index contributed by atoms with van der Waals surface area (Å²) in [4.78, 5) is 22.9. The van der Waals surface area contributed by atoms with Gasteiger partial charge in [-0.3, -0.25) is 0 Å². The maximum absolute atomic E-state index is 10.8. The predicted molar refractivity (Wildman–Crippen MR) is 77.7 cm³/mol. The van der Waals surface area contributed by atoms with Gasteiger partial charge in [0.2, 0.25) is 0 Å². The van der Waals surface area contributed by atoms with Crippen LogP contribution in [-0.4, -0.2) is 49.2 Å². The number of carbonyl (C=O) groups excluding carboxylic acids is 1. The first-order valence-electron chi connectivity index (χ1n) is 6.10. The first kappa shape index (κ1) is 17.9. The summed E-state index contributed by atoms with van der Waals surface area (Å²) < 4.78 is 4.83. The topological polar surface area (TPSA) is 66.8 Å². The molecular weight excluding hydrogens is 258 g/mol. The predicted octanol–water partition coefficient (Wildman–Crippen LogP) is 2.05. The maximum atomic E-state index is 10.8. The lowest BCUT2D eigenvalue weighted by Gasteiger charge is -2.09. The van der Waals surface area contributed by atoms with Crippen molar-refractivity contribution in [2.45, 2.75) is 6.92 Å². The first-order valence-corrected chi connectivity index (χ1v) is 6.10. The van der Waals surface area contributed by atoms with E-state index in [9.17, 15) is 9.59 Å². The zero-order valence-corrected chi connectivity index (χ0v) is 12.1. The molecular formula is C15H21NO4. The van der Waals surface area contributed by atoms with Crippen molar-refractivity contribution in [2.75, 3.05) is 27.2 Å². The fraction of sp³-hybridized carbons (Fsp3) is 0.333. The lowest BCUT2D eigenvalue weighted by Crippen LogP contribution is -2.20. The molecule has 0 aliphatic heterocycles. The highest BCUT2D eigenvalue weighted by molar-refractivity contribution is 5.87. The second-order valence-electron chi connectivity index (χ2n) is 4.39. The fourth-order valence-corrected chi connectivity index (χ4v) is 1.02. The van der Waals surface area contributed by atoms with E-state index in [0.717, 1.165) is 6.54 Å². The number of ether oxygens (including phenoxy) is 1. The fourth-order valence-electron chi connectivity index (χ4n) is 1.02. The zero-order valence-electron chi connectivity index (χ0n) is 12.1. The molecule has 0 atom stereocenters. The minimum Gasteiger partial charge on any atom is -0.478 e. The van der Waals surface area contributed by atoms with Gasteiger partial charge < -0.3 is 14.7 Å². The van der Waals surface area contributed by atoms with Crippen molar-refractivity contribution in [3.63, 3.8) is 0 Å². The Bertz CT molecular complexity index is 440. The van der Waals surface area contributed by atoms with Gasteiger partial charge in [-0.1, -0.05) is 24.8 Å². The number of hydrogen-bond donors (Lipinski definition) is 1. The molecule has 0 aromatic heterocycles. The Morgan fingerprint density at radius 1 is 1.25 bits per heavy atom. The largest absolute Gasteiger partial charge is 0.478 e. The Labute approximate surface area is 119 Å². The van der Waals surface area contributed by atoms with E-state index in [-0.39, 0.29) is 5.97 Å². The third kappa shape index (κ3) is 8.88. The van der Waals surface area contributed by atoms with Crippen LogP contribution in [0, 0.1) is 0 Å². The van der Waals surface area contributed by atoms with Crippen LogP contribution in [0.1, 0.15) is 17.3 Å². The summed E-state index contributed by atoms with van der Waals surface area (Å²) in [6, 6.07) is 8.30. The van der Waals surface area contributed by atoms with Crippen LogP contribution in [0.2, 0.25) is 0 Å². The lowest BCUT2D eigenvalue weighted by atomic mass is 10.2. The number of benzene rings is 1. The normalized spacial score (nSPS) is 9.40. The quantitative estimate of drug-likeness (QED) is 0.660. The van der Waals surface area contributed by atoms with Crippen molar-refractivity contribution in [1.29, 1.82) is 0 Å². The van der Waals surface area contributed by atoms with E-state index < -0.39 is 5.97 Å². The molecule has 0 heterocycles. The van der Waals surface area contributed by atoms with E-state index in [1.807, 2.05) is 19.0 Å². The van der Waals surface area contributed by atoms with Gasteiger partial charge in [0.15, 0.2) is 0 Å². The highest BCUT2D eigenvalue weighted by Crippen LogP contribution is 1.96. The smallest absolute Gasteiger partial charge is 0.335 e. The Balaban J connectivity index is 0.000000367. The standard InChI is InChI=1S/C8H15NO2.C7H6O2/c1-7(2)8(10)11-6-5-9(3)4;8-7(9)6-4-2-1-3-5-6/h1,5-6H2,2-4H3;1-5H,(H,8,9). The molecule has 1 N–H and O–H groups in total. The second kappa shape index (κ2) is 9.75. The van der Waals surface area contributed by atoms with Crippen LogP contribution in [-0.2, 0) is 9.53 Å². The molecule has 0 unspecified atom stereocenters. The Kier molecular flexibility index (Phi) is 8.70. The Morgan fingerprint density at radius 3 is 2.15 bits per heavy atom. The SMILES string of the molecule is C=C(C)C(=O)OCCN(C)C.O=C(O)c1ccccc1. The Hall–Kier alpha value is -2.14. The second-order valence-corrected chi connectivity index (χ2v) is 4.39. The van der Waals surface area contributed by atoms with Gasteiger partial charge in [0.25, 0.3) is 0 Å². The zero-order chi connectivity index (χ0) is 15.5. The molecule has 20 heavy (non-hydrogen) atoms. The summed E-state index contributed by atoms with van der Waals surface area (Å²) in [5.41, 5.74) is 0.779. The van der Waals surface area contributed by atoms with Crippen molar-refractivity contribution < 1.29 is 19.4 Å². The van der Waals surface area contributed by atoms with Crippen molar-refractivity contribution in [1.82, 2.24) is 4.90 Å². The van der Waals surface area contributed by atoms with Gasteiger partial charge in [-0.2, -0.15) is 0 Å². The highest BCUT2D eigenvalue weighted by Gasteiger charge is 2.01. The van der Waals surface area contributed by atoms with Gasteiger partial charge in [-0.15, -0.1) is 0 Å². The van der Waals surface area contributed by atoms with Crippen molar-refractivity contribution in [2.24, 2.45) is 0 Å². The number of likely N-dealkylation sites (N-methyl/N-ethyl adjacent to an activating group) is 1. The molecule has 1 aromatic rings. The lowest BCUT2D eigenvalue weighted by molar-refractivity contribution is -0.139. The monoisotopic (exact) mass is 279 g/mol. The van der Waals surface area contributed by atoms with E-state index in [2.05, 4.69) is 6.58 Å². The summed E-state index contributed by atoms with van der Waals surface area (Å²) in [5, 5.41) is 8.38. The van der Waals surface area contributed by atoms with Crippen LogP contribution in [0.5, 0.6) is 0 Å². The number of aromatic carboxylic acids is 1. The molecule has 0 amide bonds. The van der Waals surface area contributed by atoms with E-state index in [1.54, 1.807) is 37.3 Å². The summed E-state index contributed by atoms with van der Waals surface area (Å²) in [5.74, 6) is -1.19. The van der Waals surface area contributed by atoms with Crippen LogP contribution < -0.4 is 0 Å². The van der Waals surface area contributed by atoms with Gasteiger partial charge in [-0.25, -0.2) is 9.59 Å². The molecule has 0 saturated heterocycles. The van der Waals surface area contributed by atoms with Gasteiger partial charge >= 0.3 is 11.9 Å². The summed E-state index contributed by atoms with van der Waals surface area (Å²) in [6.45, 7) is 6.28. The summed E-state index contributed by atoms with van der Waals surface area (Å²) in [6.07, 6.45) is 0. The van der Waals surface area contributed by atoms with E-state index in [1.165, 1.54) is 0 Å². The van der Waals surface area contributed by atoms with Crippen molar-refractivity contribution in [3.8, 4) is 0 Å². The van der Waals surface area contributed by atoms with E-state index >= 15 is 0 Å². The molecule has 0 aliphatic carbocycles. The number of carbonyl (C=O) groups is 2. The van der Waals surface area contributed by atoms with Crippen LogP contribution in [0.25, 0.3) is 0 Å². The number of carboxylic acids is 1. The third-order valence-electron chi connectivity index (χ3n) is 2.14. The molecule has 0 aliphatic rings. The number of rotatable bonds is 5. The molecule has 0 fully saturated rings. The molecule has 1 aromatic carbocycles. The summed E-state index contributed by atoms with van der Waals surface area (Å²) in [7, 11) is 3.85. The molecule has 0 bridgehead atoms. The van der Waals surface area contributed by atoms with Crippen molar-refractivity contribution in [3.05, 3.63) is 48.0 Å². The average Bonchev–Trinajstić information content (AvgIpc) is 2.39. The molecule has 0 saturated carbocycles. The van der Waals surface area contributed by atoms with Crippen LogP contribution in [0.4, 0.5) is 0 Å². The van der Waals surface area contributed by atoms with E-state index in [4.69, 9.17) is 9.84 Å². The number of nitrogens with zero attached hydrogens (tertiary/aromatic N) is 1. The molecule has 0 spiro atoms. The molecule has 1 rings (SSSR count).